The smallest absolute Gasteiger partial charge is 0.270 e. The molecule has 0 saturated carbocycles. The summed E-state index contributed by atoms with van der Waals surface area (Å²) < 4.78 is 0.308. The highest BCUT2D eigenvalue weighted by atomic mass is 32.1. The van der Waals surface area contributed by atoms with Gasteiger partial charge in [-0.15, -0.1) is 0 Å². The minimum absolute atomic E-state index is 0.0122. The molecule has 0 amide bonds. The Balaban J connectivity index is 2.07. The fraction of sp³-hybridized carbons (Fsp3) is 0. The van der Waals surface area contributed by atoms with Crippen LogP contribution in [0.2, 0.25) is 0 Å². The summed E-state index contributed by atoms with van der Waals surface area (Å²) in [4.78, 5) is 14.0. The Morgan fingerprint density at radius 3 is 3.00 bits per heavy atom. The van der Waals surface area contributed by atoms with Gasteiger partial charge in [0.15, 0.2) is 0 Å². The van der Waals surface area contributed by atoms with E-state index >= 15 is 0 Å². The Hall–Kier alpha value is -2.55. The van der Waals surface area contributed by atoms with Crippen LogP contribution >= 0.6 is 12.2 Å². The summed E-state index contributed by atoms with van der Waals surface area (Å²) >= 11 is 4.76. The third-order valence-corrected chi connectivity index (χ3v) is 2.16. The van der Waals surface area contributed by atoms with Crippen molar-refractivity contribution < 1.29 is 4.92 Å². The minimum Gasteiger partial charge on any atom is -0.272 e. The van der Waals surface area contributed by atoms with Crippen molar-refractivity contribution in [3.05, 3.63) is 44.7 Å². The van der Waals surface area contributed by atoms with E-state index in [0.29, 0.717) is 16.3 Å². The molecule has 8 nitrogen and oxygen atoms in total. The van der Waals surface area contributed by atoms with Gasteiger partial charge in [-0.3, -0.25) is 20.3 Å². The molecule has 9 heteroatoms. The molecule has 2 rings (SSSR count). The Bertz CT molecular complexity index is 646. The number of hydrogen-bond donors (Lipinski definition) is 3. The molecular weight excluding hydrogens is 256 g/mol. The van der Waals surface area contributed by atoms with Gasteiger partial charge >= 0.3 is 0 Å². The molecule has 92 valence electrons. The Labute approximate surface area is 106 Å². The lowest BCUT2D eigenvalue weighted by molar-refractivity contribution is -0.384. The van der Waals surface area contributed by atoms with Crippen LogP contribution in [0.1, 0.15) is 5.56 Å². The number of anilines is 1. The fourth-order valence-corrected chi connectivity index (χ4v) is 1.35. The first kappa shape index (κ1) is 11.9. The molecule has 18 heavy (non-hydrogen) atoms. The van der Waals surface area contributed by atoms with Crippen molar-refractivity contribution in [2.75, 3.05) is 5.43 Å². The molecule has 0 radical (unpaired) electrons. The van der Waals surface area contributed by atoms with Crippen LogP contribution in [0.3, 0.4) is 0 Å². The molecule has 3 N–H and O–H groups in total. The van der Waals surface area contributed by atoms with E-state index in [2.05, 4.69) is 25.7 Å². The van der Waals surface area contributed by atoms with Crippen LogP contribution in [0, 0.1) is 14.9 Å². The first-order chi connectivity index (χ1) is 8.65. The van der Waals surface area contributed by atoms with Gasteiger partial charge in [0.2, 0.25) is 10.7 Å². The summed E-state index contributed by atoms with van der Waals surface area (Å²) in [6.45, 7) is 0. The molecule has 0 bridgehead atoms. The van der Waals surface area contributed by atoms with E-state index in [1.165, 1.54) is 18.3 Å². The minimum atomic E-state index is -0.463. The van der Waals surface area contributed by atoms with Gasteiger partial charge < -0.3 is 0 Å². The van der Waals surface area contributed by atoms with E-state index in [9.17, 15) is 10.1 Å². The first-order valence-electron chi connectivity index (χ1n) is 4.83. The highest BCUT2D eigenvalue weighted by molar-refractivity contribution is 7.71. The molecule has 0 fully saturated rings. The van der Waals surface area contributed by atoms with Crippen molar-refractivity contribution in [3.8, 4) is 0 Å². The monoisotopic (exact) mass is 264 g/mol. The van der Waals surface area contributed by atoms with Gasteiger partial charge in [-0.1, -0.05) is 12.1 Å². The average molecular weight is 264 g/mol. The molecule has 1 heterocycles. The number of hydrazone groups is 1. The van der Waals surface area contributed by atoms with Crippen LogP contribution in [0.4, 0.5) is 11.6 Å². The number of nitrogens with one attached hydrogen (secondary N) is 3. The van der Waals surface area contributed by atoms with E-state index in [1.807, 2.05) is 0 Å². The van der Waals surface area contributed by atoms with Crippen molar-refractivity contribution in [1.82, 2.24) is 15.2 Å². The summed E-state index contributed by atoms with van der Waals surface area (Å²) in [5.41, 5.74) is 3.21. The lowest BCUT2D eigenvalue weighted by atomic mass is 10.2. The normalized spacial score (nSPS) is 10.7. The number of aromatic nitrogens is 3. The number of nitro benzene ring substituents is 1. The number of H-pyrrole nitrogens is 2. The standard InChI is InChI=1S/C9H8N6O2S/c16-15(17)7-3-1-2-6(4-7)5-10-12-8-11-9(18)14-13-8/h1-5H,(H3,11,12,13,14,18)/b10-5-. The van der Waals surface area contributed by atoms with Gasteiger partial charge in [-0.05, 0) is 12.2 Å². The van der Waals surface area contributed by atoms with Crippen LogP contribution in [0.5, 0.6) is 0 Å². The van der Waals surface area contributed by atoms with E-state index in [4.69, 9.17) is 12.2 Å². The third-order valence-electron chi connectivity index (χ3n) is 1.97. The Kier molecular flexibility index (Phi) is 3.44. The largest absolute Gasteiger partial charge is 0.272 e. The summed E-state index contributed by atoms with van der Waals surface area (Å²) in [6.07, 6.45) is 1.44. The number of benzene rings is 1. The molecule has 1 aromatic heterocycles. The molecule has 0 unspecified atom stereocenters. The first-order valence-corrected chi connectivity index (χ1v) is 5.24. The summed E-state index contributed by atoms with van der Waals surface area (Å²) in [5.74, 6) is 0.363. The molecule has 0 saturated heterocycles. The van der Waals surface area contributed by atoms with Crippen molar-refractivity contribution in [2.24, 2.45) is 5.10 Å². The van der Waals surface area contributed by atoms with Gasteiger partial charge in [0.1, 0.15) is 0 Å². The number of rotatable bonds is 4. The topological polar surface area (TPSA) is 112 Å². The summed E-state index contributed by atoms with van der Waals surface area (Å²) in [7, 11) is 0. The molecular formula is C9H8N6O2S. The molecule has 0 spiro atoms. The van der Waals surface area contributed by atoms with Crippen LogP contribution in [0.15, 0.2) is 29.4 Å². The van der Waals surface area contributed by atoms with E-state index < -0.39 is 4.92 Å². The zero-order chi connectivity index (χ0) is 13.0. The number of hydrogen-bond acceptors (Lipinski definition) is 6. The van der Waals surface area contributed by atoms with Crippen LogP contribution < -0.4 is 5.43 Å². The maximum absolute atomic E-state index is 10.6. The molecule has 1 aromatic carbocycles. The van der Waals surface area contributed by atoms with Gasteiger partial charge in [-0.25, -0.2) is 5.43 Å². The lowest BCUT2D eigenvalue weighted by Gasteiger charge is -1.94. The van der Waals surface area contributed by atoms with E-state index in [1.54, 1.807) is 12.1 Å². The van der Waals surface area contributed by atoms with Gasteiger partial charge in [0, 0.05) is 17.7 Å². The maximum Gasteiger partial charge on any atom is 0.270 e. The molecule has 0 aliphatic carbocycles. The Morgan fingerprint density at radius 1 is 1.50 bits per heavy atom. The second kappa shape index (κ2) is 5.19. The van der Waals surface area contributed by atoms with Crippen LogP contribution in [-0.2, 0) is 0 Å². The molecule has 2 aromatic rings. The van der Waals surface area contributed by atoms with Crippen molar-refractivity contribution in [3.63, 3.8) is 0 Å². The molecule has 0 aliphatic rings. The summed E-state index contributed by atoms with van der Waals surface area (Å²) in [5, 5.41) is 19.7. The number of aromatic amines is 2. The molecule has 0 atom stereocenters. The average Bonchev–Trinajstić information content (AvgIpc) is 2.75. The summed E-state index contributed by atoms with van der Waals surface area (Å²) in [6, 6.07) is 6.11. The number of nitrogens with zero attached hydrogens (tertiary/aromatic N) is 3. The Morgan fingerprint density at radius 2 is 2.33 bits per heavy atom. The van der Waals surface area contributed by atoms with Crippen molar-refractivity contribution in [1.29, 1.82) is 0 Å². The number of non-ortho nitro benzene ring substituents is 1. The van der Waals surface area contributed by atoms with E-state index in [-0.39, 0.29) is 5.69 Å². The predicted octanol–water partition coefficient (Wildman–Crippen LogP) is 1.82. The highest BCUT2D eigenvalue weighted by Crippen LogP contribution is 2.11. The zero-order valence-corrected chi connectivity index (χ0v) is 9.77. The van der Waals surface area contributed by atoms with Crippen molar-refractivity contribution in [2.45, 2.75) is 0 Å². The predicted molar refractivity (Wildman–Crippen MR) is 68.1 cm³/mol. The second-order valence-corrected chi connectivity index (χ2v) is 3.62. The SMILES string of the molecule is O=[N+]([O-])c1cccc(/C=N\Nc2nc(=S)[nH][nH]2)c1. The maximum atomic E-state index is 10.6. The third kappa shape index (κ3) is 2.98. The zero-order valence-electron chi connectivity index (χ0n) is 8.95. The van der Waals surface area contributed by atoms with Crippen LogP contribution in [-0.4, -0.2) is 26.3 Å². The number of nitro groups is 1. The van der Waals surface area contributed by atoms with Crippen LogP contribution in [0.25, 0.3) is 0 Å². The molecule has 0 aliphatic heterocycles. The van der Waals surface area contributed by atoms with E-state index in [0.717, 1.165) is 0 Å². The van der Waals surface area contributed by atoms with Gasteiger partial charge in [-0.2, -0.15) is 10.1 Å². The quantitative estimate of drug-likeness (QED) is 0.337. The van der Waals surface area contributed by atoms with Gasteiger partial charge in [0.25, 0.3) is 5.69 Å². The lowest BCUT2D eigenvalue weighted by Crippen LogP contribution is -1.93. The van der Waals surface area contributed by atoms with Crippen molar-refractivity contribution >= 4 is 30.1 Å². The fourth-order valence-electron chi connectivity index (χ4n) is 1.21. The highest BCUT2D eigenvalue weighted by Gasteiger charge is 2.03. The second-order valence-electron chi connectivity index (χ2n) is 3.24. The van der Waals surface area contributed by atoms with Gasteiger partial charge in [0.05, 0.1) is 11.1 Å².